The van der Waals surface area contributed by atoms with Gasteiger partial charge in [-0.1, -0.05) is 24.3 Å². The van der Waals surface area contributed by atoms with Gasteiger partial charge in [0, 0.05) is 5.69 Å². The van der Waals surface area contributed by atoms with E-state index in [1.54, 1.807) is 6.92 Å². The van der Waals surface area contributed by atoms with E-state index in [4.69, 9.17) is 4.74 Å². The number of ether oxygens (including phenoxy) is 1. The minimum absolute atomic E-state index is 0.00427. The number of carbonyl (C=O) groups excluding carboxylic acids is 2. The van der Waals surface area contributed by atoms with Crippen molar-refractivity contribution in [1.82, 2.24) is 4.90 Å². The van der Waals surface area contributed by atoms with E-state index in [1.807, 2.05) is 68.1 Å². The van der Waals surface area contributed by atoms with Crippen LogP contribution in [0.3, 0.4) is 0 Å². The first kappa shape index (κ1) is 21.8. The Morgan fingerprint density at radius 3 is 2.50 bits per heavy atom. The van der Waals surface area contributed by atoms with Gasteiger partial charge in [0.15, 0.2) is 12.6 Å². The lowest BCUT2D eigenvalue weighted by Gasteiger charge is -2.33. The number of hydrogen-bond acceptors (Lipinski definition) is 3. The molecule has 1 aliphatic heterocycles. The van der Waals surface area contributed by atoms with Crippen LogP contribution in [0.25, 0.3) is 0 Å². The van der Waals surface area contributed by atoms with Crippen LogP contribution < -0.4 is 15.0 Å². The molecule has 30 heavy (non-hydrogen) atoms. The van der Waals surface area contributed by atoms with E-state index in [1.165, 1.54) is 4.90 Å². The summed E-state index contributed by atoms with van der Waals surface area (Å²) in [6, 6.07) is 13.6. The molecule has 2 amide bonds. The fourth-order valence-corrected chi connectivity index (χ4v) is 3.73. The fourth-order valence-electron chi connectivity index (χ4n) is 3.73. The van der Waals surface area contributed by atoms with E-state index >= 15 is 0 Å². The molecule has 1 saturated heterocycles. The molecule has 2 aromatic rings. The van der Waals surface area contributed by atoms with Gasteiger partial charge in [0.1, 0.15) is 5.75 Å². The number of nitrogens with one attached hydrogen (secondary N) is 2. The van der Waals surface area contributed by atoms with Crippen LogP contribution in [-0.4, -0.2) is 55.5 Å². The van der Waals surface area contributed by atoms with Gasteiger partial charge in [-0.2, -0.15) is 0 Å². The minimum atomic E-state index is -0.527. The molecule has 0 spiro atoms. The molecule has 6 heteroatoms. The van der Waals surface area contributed by atoms with E-state index in [9.17, 15) is 9.59 Å². The Labute approximate surface area is 178 Å². The first-order valence-corrected chi connectivity index (χ1v) is 10.5. The molecular weight excluding hydrogens is 378 g/mol. The highest BCUT2D eigenvalue weighted by Gasteiger charge is 2.29. The average Bonchev–Trinajstić information content (AvgIpc) is 2.71. The number of carbonyl (C=O) groups is 2. The lowest BCUT2D eigenvalue weighted by atomic mass is 10.1. The summed E-state index contributed by atoms with van der Waals surface area (Å²) < 4.78 is 5.83. The molecule has 0 saturated carbocycles. The van der Waals surface area contributed by atoms with E-state index in [0.29, 0.717) is 25.4 Å². The highest BCUT2D eigenvalue weighted by Crippen LogP contribution is 2.17. The maximum Gasteiger partial charge on any atom is 0.279 e. The molecule has 0 aromatic heterocycles. The van der Waals surface area contributed by atoms with Crippen LogP contribution in [0.4, 0.5) is 5.69 Å². The lowest BCUT2D eigenvalue weighted by Crippen LogP contribution is -3.15. The van der Waals surface area contributed by atoms with Crippen molar-refractivity contribution in [3.8, 4) is 5.75 Å². The quantitative estimate of drug-likeness (QED) is 0.763. The van der Waals surface area contributed by atoms with Gasteiger partial charge in [0.2, 0.25) is 0 Å². The molecule has 0 unspecified atom stereocenters. The van der Waals surface area contributed by atoms with Crippen LogP contribution in [0.2, 0.25) is 0 Å². The van der Waals surface area contributed by atoms with Crippen LogP contribution in [0.5, 0.6) is 5.75 Å². The third kappa shape index (κ3) is 5.60. The summed E-state index contributed by atoms with van der Waals surface area (Å²) in [5.41, 5.74) is 4.23. The van der Waals surface area contributed by atoms with Gasteiger partial charge in [-0.25, -0.2) is 0 Å². The molecule has 1 aliphatic rings. The van der Waals surface area contributed by atoms with Crippen LogP contribution in [-0.2, 0) is 9.59 Å². The van der Waals surface area contributed by atoms with Crippen molar-refractivity contribution in [3.63, 3.8) is 0 Å². The molecule has 6 nitrogen and oxygen atoms in total. The number of aryl methyl sites for hydroxylation is 2. The Kier molecular flexibility index (Phi) is 7.11. The second-order valence-electron chi connectivity index (χ2n) is 8.12. The average molecular weight is 411 g/mol. The largest absolute Gasteiger partial charge is 0.481 e. The van der Waals surface area contributed by atoms with Crippen molar-refractivity contribution in [1.29, 1.82) is 0 Å². The molecule has 1 atom stereocenters. The minimum Gasteiger partial charge on any atom is -0.481 e. The number of piperazine rings is 1. The Hall–Kier alpha value is -2.86. The van der Waals surface area contributed by atoms with Crippen molar-refractivity contribution in [2.24, 2.45) is 0 Å². The summed E-state index contributed by atoms with van der Waals surface area (Å²) in [4.78, 5) is 28.2. The predicted octanol–water partition coefficient (Wildman–Crippen LogP) is 1.74. The number of anilines is 1. The summed E-state index contributed by atoms with van der Waals surface area (Å²) in [5.74, 6) is 0.716. The SMILES string of the molecule is Cc1cccc(O[C@H](C)C(=O)N2CC[NH+](CC(=O)Nc3cccc(C)c3C)CC2)c1. The Bertz CT molecular complexity index is 904. The molecule has 0 bridgehead atoms. The van der Waals surface area contributed by atoms with Gasteiger partial charge in [-0.05, 0) is 62.6 Å². The standard InChI is InChI=1S/C24H31N3O3/c1-17-7-5-9-21(15-17)30-20(4)24(29)27-13-11-26(12-14-27)16-23(28)25-22-10-6-8-18(2)19(22)3/h5-10,15,20H,11-14,16H2,1-4H3,(H,25,28)/p+1/t20-/m1/s1. The van der Waals surface area contributed by atoms with Crippen LogP contribution in [0.1, 0.15) is 23.6 Å². The fraction of sp³-hybridized carbons (Fsp3) is 0.417. The molecule has 160 valence electrons. The van der Waals surface area contributed by atoms with Gasteiger partial charge in [-0.15, -0.1) is 0 Å². The summed E-state index contributed by atoms with van der Waals surface area (Å²) in [5, 5.41) is 3.02. The maximum absolute atomic E-state index is 12.7. The van der Waals surface area contributed by atoms with Crippen molar-refractivity contribution in [2.45, 2.75) is 33.8 Å². The molecular formula is C24H32N3O3+. The van der Waals surface area contributed by atoms with E-state index in [2.05, 4.69) is 5.32 Å². The number of benzene rings is 2. The number of nitrogens with zero attached hydrogens (tertiary/aromatic N) is 1. The maximum atomic E-state index is 12.7. The first-order valence-electron chi connectivity index (χ1n) is 10.5. The molecule has 3 rings (SSSR count). The second-order valence-corrected chi connectivity index (χ2v) is 8.12. The topological polar surface area (TPSA) is 63.1 Å². The lowest BCUT2D eigenvalue weighted by molar-refractivity contribution is -0.895. The normalized spacial score (nSPS) is 15.5. The number of amides is 2. The number of hydrogen-bond donors (Lipinski definition) is 2. The Morgan fingerprint density at radius 1 is 1.10 bits per heavy atom. The first-order chi connectivity index (χ1) is 14.3. The third-order valence-electron chi connectivity index (χ3n) is 5.72. The molecule has 0 aliphatic carbocycles. The van der Waals surface area contributed by atoms with Crippen LogP contribution >= 0.6 is 0 Å². The Balaban J connectivity index is 1.46. The summed E-state index contributed by atoms with van der Waals surface area (Å²) in [7, 11) is 0. The zero-order chi connectivity index (χ0) is 21.7. The number of rotatable bonds is 6. The molecule has 1 fully saturated rings. The van der Waals surface area contributed by atoms with Gasteiger partial charge in [0.25, 0.3) is 11.8 Å². The Morgan fingerprint density at radius 2 is 1.80 bits per heavy atom. The summed E-state index contributed by atoms with van der Waals surface area (Å²) >= 11 is 0. The van der Waals surface area contributed by atoms with Crippen molar-refractivity contribution in [3.05, 3.63) is 59.2 Å². The van der Waals surface area contributed by atoms with E-state index in [-0.39, 0.29) is 11.8 Å². The van der Waals surface area contributed by atoms with E-state index < -0.39 is 6.10 Å². The van der Waals surface area contributed by atoms with Gasteiger partial charge >= 0.3 is 0 Å². The highest BCUT2D eigenvalue weighted by atomic mass is 16.5. The molecule has 1 heterocycles. The second kappa shape index (κ2) is 9.76. The van der Waals surface area contributed by atoms with Gasteiger partial charge in [-0.3, -0.25) is 9.59 Å². The van der Waals surface area contributed by atoms with Crippen molar-refractivity contribution >= 4 is 17.5 Å². The van der Waals surface area contributed by atoms with Crippen molar-refractivity contribution in [2.75, 3.05) is 38.0 Å². The molecule has 0 radical (unpaired) electrons. The third-order valence-corrected chi connectivity index (χ3v) is 5.72. The molecule has 2 N–H and O–H groups in total. The van der Waals surface area contributed by atoms with E-state index in [0.717, 1.165) is 35.5 Å². The van der Waals surface area contributed by atoms with Crippen molar-refractivity contribution < 1.29 is 19.2 Å². The monoisotopic (exact) mass is 410 g/mol. The summed E-state index contributed by atoms with van der Waals surface area (Å²) in [6.45, 7) is 11.0. The van der Waals surface area contributed by atoms with Crippen LogP contribution in [0.15, 0.2) is 42.5 Å². The van der Waals surface area contributed by atoms with Gasteiger partial charge < -0.3 is 19.9 Å². The predicted molar refractivity (Wildman–Crippen MR) is 118 cm³/mol. The van der Waals surface area contributed by atoms with Gasteiger partial charge in [0.05, 0.1) is 26.2 Å². The zero-order valence-corrected chi connectivity index (χ0v) is 18.3. The molecule has 2 aromatic carbocycles. The number of quaternary nitrogens is 1. The highest BCUT2D eigenvalue weighted by molar-refractivity contribution is 5.92. The smallest absolute Gasteiger partial charge is 0.279 e. The summed E-state index contributed by atoms with van der Waals surface area (Å²) in [6.07, 6.45) is -0.527. The zero-order valence-electron chi connectivity index (χ0n) is 18.3. The van der Waals surface area contributed by atoms with Crippen LogP contribution in [0, 0.1) is 20.8 Å².